The Kier molecular flexibility index (Phi) is 6.89. The number of benzene rings is 1. The minimum absolute atomic E-state index is 0.00200. The fourth-order valence-electron chi connectivity index (χ4n) is 2.99. The first kappa shape index (κ1) is 20.1. The van der Waals surface area contributed by atoms with Crippen LogP contribution in [0.15, 0.2) is 24.3 Å². The highest BCUT2D eigenvalue weighted by Gasteiger charge is 2.26. The minimum atomic E-state index is -0.157. The molecule has 1 aliphatic heterocycles. The predicted octanol–water partition coefficient (Wildman–Crippen LogP) is 2.62. The summed E-state index contributed by atoms with van der Waals surface area (Å²) in [4.78, 5) is 26.3. The first-order valence-electron chi connectivity index (χ1n) is 9.11. The molecule has 0 unspecified atom stereocenters. The third-order valence-corrected chi connectivity index (χ3v) is 4.32. The summed E-state index contributed by atoms with van der Waals surface area (Å²) in [5.41, 5.74) is -0.00200. The molecule has 6 heteroatoms. The molecule has 0 aromatic heterocycles. The summed E-state index contributed by atoms with van der Waals surface area (Å²) in [5.74, 6) is 1.19. The molecular formula is C20H30N2O4. The van der Waals surface area contributed by atoms with Crippen LogP contribution in [0, 0.1) is 5.41 Å². The number of ether oxygens (including phenoxy) is 2. The molecule has 0 radical (unpaired) electrons. The van der Waals surface area contributed by atoms with Crippen molar-refractivity contribution in [2.24, 2.45) is 5.41 Å². The Morgan fingerprint density at radius 1 is 1.15 bits per heavy atom. The van der Waals surface area contributed by atoms with Crippen LogP contribution in [-0.4, -0.2) is 49.6 Å². The van der Waals surface area contributed by atoms with E-state index in [0.717, 1.165) is 12.8 Å². The van der Waals surface area contributed by atoms with E-state index < -0.39 is 0 Å². The van der Waals surface area contributed by atoms with Gasteiger partial charge in [0.25, 0.3) is 5.91 Å². The van der Waals surface area contributed by atoms with Crippen molar-refractivity contribution >= 4 is 11.8 Å². The Morgan fingerprint density at radius 2 is 1.77 bits per heavy atom. The van der Waals surface area contributed by atoms with Gasteiger partial charge in [-0.05, 0) is 30.4 Å². The highest BCUT2D eigenvalue weighted by Crippen LogP contribution is 2.25. The normalized spacial score (nSPS) is 15.5. The second-order valence-electron chi connectivity index (χ2n) is 7.90. The lowest BCUT2D eigenvalue weighted by Crippen LogP contribution is -2.48. The number of amides is 2. The number of carbonyl (C=O) groups is 2. The van der Waals surface area contributed by atoms with Crippen molar-refractivity contribution < 1.29 is 19.1 Å². The van der Waals surface area contributed by atoms with Gasteiger partial charge in [0, 0.05) is 25.6 Å². The highest BCUT2D eigenvalue weighted by molar-refractivity contribution is 5.78. The Labute approximate surface area is 155 Å². The first-order valence-corrected chi connectivity index (χ1v) is 9.11. The van der Waals surface area contributed by atoms with E-state index in [1.807, 2.05) is 17.0 Å². The van der Waals surface area contributed by atoms with Crippen LogP contribution < -0.4 is 14.8 Å². The fraction of sp³-hybridized carbons (Fsp3) is 0.600. The van der Waals surface area contributed by atoms with Gasteiger partial charge in [0.15, 0.2) is 18.1 Å². The molecule has 0 bridgehead atoms. The van der Waals surface area contributed by atoms with Crippen molar-refractivity contribution in [2.45, 2.75) is 46.1 Å². The second kappa shape index (κ2) is 8.92. The molecule has 1 fully saturated rings. The zero-order valence-electron chi connectivity index (χ0n) is 16.2. The van der Waals surface area contributed by atoms with Crippen LogP contribution in [0.2, 0.25) is 0 Å². The maximum absolute atomic E-state index is 12.3. The number of nitrogens with zero attached hydrogens (tertiary/aromatic N) is 1. The van der Waals surface area contributed by atoms with Crippen molar-refractivity contribution in [2.75, 3.05) is 26.8 Å². The number of carbonyl (C=O) groups excluding carboxylic acids is 2. The highest BCUT2D eigenvalue weighted by atomic mass is 16.5. The number of hydrogen-bond donors (Lipinski definition) is 1. The maximum atomic E-state index is 12.3. The number of para-hydroxylation sites is 2. The van der Waals surface area contributed by atoms with Crippen LogP contribution in [0.25, 0.3) is 0 Å². The predicted molar refractivity (Wildman–Crippen MR) is 100 cm³/mol. The lowest BCUT2D eigenvalue weighted by Gasteiger charge is -2.34. The van der Waals surface area contributed by atoms with Crippen molar-refractivity contribution in [1.82, 2.24) is 10.2 Å². The quantitative estimate of drug-likeness (QED) is 0.845. The van der Waals surface area contributed by atoms with Gasteiger partial charge in [-0.1, -0.05) is 32.9 Å². The number of nitrogens with one attached hydrogen (secondary N) is 1. The van der Waals surface area contributed by atoms with Crippen molar-refractivity contribution in [3.8, 4) is 11.5 Å². The number of likely N-dealkylation sites (tertiary alicyclic amines) is 1. The zero-order chi connectivity index (χ0) is 19.2. The van der Waals surface area contributed by atoms with Crippen LogP contribution in [0.1, 0.15) is 40.0 Å². The second-order valence-corrected chi connectivity index (χ2v) is 7.90. The van der Waals surface area contributed by atoms with Gasteiger partial charge in [-0.15, -0.1) is 0 Å². The van der Waals surface area contributed by atoms with E-state index in [4.69, 9.17) is 9.47 Å². The Bertz CT molecular complexity index is 616. The smallest absolute Gasteiger partial charge is 0.258 e. The summed E-state index contributed by atoms with van der Waals surface area (Å²) in [6.45, 7) is 7.53. The Morgan fingerprint density at radius 3 is 2.35 bits per heavy atom. The van der Waals surface area contributed by atoms with Gasteiger partial charge in [0.2, 0.25) is 5.91 Å². The molecule has 0 atom stereocenters. The van der Waals surface area contributed by atoms with Gasteiger partial charge in [-0.2, -0.15) is 0 Å². The number of methoxy groups -OCH3 is 1. The average Bonchev–Trinajstić information content (AvgIpc) is 2.59. The molecule has 1 heterocycles. The number of hydrogen-bond acceptors (Lipinski definition) is 4. The topological polar surface area (TPSA) is 67.9 Å². The van der Waals surface area contributed by atoms with Crippen LogP contribution in [0.5, 0.6) is 11.5 Å². The van der Waals surface area contributed by atoms with E-state index in [9.17, 15) is 9.59 Å². The van der Waals surface area contributed by atoms with Crippen LogP contribution in [0.3, 0.4) is 0 Å². The summed E-state index contributed by atoms with van der Waals surface area (Å²) in [6, 6.07) is 7.33. The molecule has 1 aromatic carbocycles. The van der Waals surface area contributed by atoms with Gasteiger partial charge in [0.05, 0.1) is 7.11 Å². The molecular weight excluding hydrogens is 332 g/mol. The summed E-state index contributed by atoms with van der Waals surface area (Å²) >= 11 is 0. The van der Waals surface area contributed by atoms with Gasteiger partial charge >= 0.3 is 0 Å². The molecule has 2 amide bonds. The van der Waals surface area contributed by atoms with Crippen LogP contribution >= 0.6 is 0 Å². The van der Waals surface area contributed by atoms with E-state index >= 15 is 0 Å². The third-order valence-electron chi connectivity index (χ3n) is 4.32. The molecule has 1 N–H and O–H groups in total. The van der Waals surface area contributed by atoms with Gasteiger partial charge in [0.1, 0.15) is 0 Å². The molecule has 1 aromatic rings. The van der Waals surface area contributed by atoms with E-state index in [1.54, 1.807) is 19.2 Å². The molecule has 1 aliphatic rings. The average molecular weight is 362 g/mol. The molecule has 26 heavy (non-hydrogen) atoms. The Hall–Kier alpha value is -2.24. The van der Waals surface area contributed by atoms with Gasteiger partial charge in [-0.3, -0.25) is 9.59 Å². The molecule has 2 rings (SSSR count). The fourth-order valence-corrected chi connectivity index (χ4v) is 2.99. The number of piperidine rings is 1. The van der Waals surface area contributed by atoms with Crippen LogP contribution in [0.4, 0.5) is 0 Å². The van der Waals surface area contributed by atoms with E-state index in [2.05, 4.69) is 26.1 Å². The lowest BCUT2D eigenvalue weighted by molar-refractivity contribution is -0.134. The standard InChI is InChI=1S/C20H30N2O4/c1-20(2,3)13-19(24)22-11-9-15(10-12-22)21-18(23)14-26-17-8-6-5-7-16(17)25-4/h5-8,15H,9-14H2,1-4H3,(H,21,23). The van der Waals surface area contributed by atoms with Gasteiger partial charge in [-0.25, -0.2) is 0 Å². The lowest BCUT2D eigenvalue weighted by atomic mass is 9.91. The number of rotatable bonds is 6. The molecule has 144 valence electrons. The van der Waals surface area contributed by atoms with E-state index in [0.29, 0.717) is 31.0 Å². The van der Waals surface area contributed by atoms with E-state index in [-0.39, 0.29) is 29.9 Å². The summed E-state index contributed by atoms with van der Waals surface area (Å²) in [7, 11) is 1.57. The molecule has 0 saturated carbocycles. The van der Waals surface area contributed by atoms with Crippen molar-refractivity contribution in [3.63, 3.8) is 0 Å². The van der Waals surface area contributed by atoms with Gasteiger partial charge < -0.3 is 19.7 Å². The molecule has 0 spiro atoms. The van der Waals surface area contributed by atoms with Crippen molar-refractivity contribution in [1.29, 1.82) is 0 Å². The van der Waals surface area contributed by atoms with Crippen molar-refractivity contribution in [3.05, 3.63) is 24.3 Å². The third kappa shape index (κ3) is 6.24. The van der Waals surface area contributed by atoms with E-state index in [1.165, 1.54) is 0 Å². The zero-order valence-corrected chi connectivity index (χ0v) is 16.2. The largest absolute Gasteiger partial charge is 0.493 e. The minimum Gasteiger partial charge on any atom is -0.493 e. The summed E-state index contributed by atoms with van der Waals surface area (Å²) in [6.07, 6.45) is 2.10. The molecule has 0 aliphatic carbocycles. The molecule has 1 saturated heterocycles. The SMILES string of the molecule is COc1ccccc1OCC(=O)NC1CCN(C(=O)CC(C)(C)C)CC1. The van der Waals surface area contributed by atoms with Crippen LogP contribution in [-0.2, 0) is 9.59 Å². The molecule has 6 nitrogen and oxygen atoms in total. The summed E-state index contributed by atoms with van der Waals surface area (Å²) in [5, 5.41) is 2.99. The first-order chi connectivity index (χ1) is 12.3. The summed E-state index contributed by atoms with van der Waals surface area (Å²) < 4.78 is 10.7. The maximum Gasteiger partial charge on any atom is 0.258 e. The Balaban J connectivity index is 1.73. The monoisotopic (exact) mass is 362 g/mol.